The van der Waals surface area contributed by atoms with Crippen molar-refractivity contribution in [1.82, 2.24) is 15.1 Å². The molecule has 1 saturated heterocycles. The monoisotopic (exact) mass is 288 g/mol. The van der Waals surface area contributed by atoms with Gasteiger partial charge in [0.25, 0.3) is 0 Å². The second-order valence-electron chi connectivity index (χ2n) is 5.24. The van der Waals surface area contributed by atoms with Crippen molar-refractivity contribution >= 4 is 11.6 Å². The Balaban J connectivity index is 1.66. The van der Waals surface area contributed by atoms with Crippen molar-refractivity contribution in [3.05, 3.63) is 36.5 Å². The molecule has 1 aromatic carbocycles. The van der Waals surface area contributed by atoms with E-state index < -0.39 is 12.2 Å². The molecule has 1 fully saturated rings. The SMILES string of the molecule is Cn1ccc(-c2ccc(NC(=O)[C@H]3C[C@H](F)CN3)cc2)n1. The summed E-state index contributed by atoms with van der Waals surface area (Å²) in [4.78, 5) is 12.0. The van der Waals surface area contributed by atoms with E-state index >= 15 is 0 Å². The van der Waals surface area contributed by atoms with Gasteiger partial charge in [0, 0.05) is 37.5 Å². The van der Waals surface area contributed by atoms with Crippen LogP contribution in [0.5, 0.6) is 0 Å². The largest absolute Gasteiger partial charge is 0.325 e. The third-order valence-electron chi connectivity index (χ3n) is 3.56. The Morgan fingerprint density at radius 3 is 2.71 bits per heavy atom. The van der Waals surface area contributed by atoms with Crippen LogP contribution in [0.15, 0.2) is 36.5 Å². The van der Waals surface area contributed by atoms with Crippen LogP contribution >= 0.6 is 0 Å². The summed E-state index contributed by atoms with van der Waals surface area (Å²) < 4.78 is 14.8. The maximum absolute atomic E-state index is 13.1. The Hall–Kier alpha value is -2.21. The first-order chi connectivity index (χ1) is 10.1. The summed E-state index contributed by atoms with van der Waals surface area (Å²) in [5.74, 6) is -0.194. The fraction of sp³-hybridized carbons (Fsp3) is 0.333. The number of nitrogens with one attached hydrogen (secondary N) is 2. The fourth-order valence-electron chi connectivity index (χ4n) is 2.42. The van der Waals surface area contributed by atoms with Crippen molar-refractivity contribution < 1.29 is 9.18 Å². The van der Waals surface area contributed by atoms with E-state index in [1.54, 1.807) is 4.68 Å². The first-order valence-electron chi connectivity index (χ1n) is 6.90. The molecule has 1 aliphatic heterocycles. The van der Waals surface area contributed by atoms with Gasteiger partial charge in [-0.05, 0) is 18.2 Å². The van der Waals surface area contributed by atoms with Crippen molar-refractivity contribution in [3.63, 3.8) is 0 Å². The zero-order chi connectivity index (χ0) is 14.8. The van der Waals surface area contributed by atoms with Gasteiger partial charge in [0.2, 0.25) is 5.91 Å². The van der Waals surface area contributed by atoms with Gasteiger partial charge in [-0.15, -0.1) is 0 Å². The summed E-state index contributed by atoms with van der Waals surface area (Å²) in [7, 11) is 1.87. The topological polar surface area (TPSA) is 59.0 Å². The lowest BCUT2D eigenvalue weighted by Gasteiger charge is -2.11. The third kappa shape index (κ3) is 3.11. The van der Waals surface area contributed by atoms with E-state index in [0.29, 0.717) is 5.69 Å². The molecule has 0 bridgehead atoms. The Bertz CT molecular complexity index is 637. The van der Waals surface area contributed by atoms with E-state index in [4.69, 9.17) is 0 Å². The van der Waals surface area contributed by atoms with Gasteiger partial charge >= 0.3 is 0 Å². The highest BCUT2D eigenvalue weighted by Crippen LogP contribution is 2.20. The summed E-state index contributed by atoms with van der Waals surface area (Å²) in [6.07, 6.45) is 1.18. The van der Waals surface area contributed by atoms with E-state index in [1.165, 1.54) is 0 Å². The van der Waals surface area contributed by atoms with Gasteiger partial charge in [0.05, 0.1) is 11.7 Å². The minimum Gasteiger partial charge on any atom is -0.325 e. The maximum Gasteiger partial charge on any atom is 0.241 e. The lowest BCUT2D eigenvalue weighted by Crippen LogP contribution is -2.35. The van der Waals surface area contributed by atoms with Gasteiger partial charge in [0.1, 0.15) is 6.17 Å². The lowest BCUT2D eigenvalue weighted by molar-refractivity contribution is -0.117. The predicted octanol–water partition coefficient (Wildman–Crippen LogP) is 1.73. The van der Waals surface area contributed by atoms with Crippen LogP contribution in [0.4, 0.5) is 10.1 Å². The quantitative estimate of drug-likeness (QED) is 0.904. The Kier molecular flexibility index (Phi) is 3.70. The minimum absolute atomic E-state index is 0.194. The molecular formula is C15H17FN4O. The highest BCUT2D eigenvalue weighted by Gasteiger charge is 2.29. The number of carbonyl (C=O) groups excluding carboxylic acids is 1. The number of hydrogen-bond acceptors (Lipinski definition) is 3. The van der Waals surface area contributed by atoms with Crippen LogP contribution in [0, 0.1) is 0 Å². The molecule has 0 radical (unpaired) electrons. The average Bonchev–Trinajstić information content (AvgIpc) is 3.08. The molecule has 0 unspecified atom stereocenters. The molecule has 0 aliphatic carbocycles. The van der Waals surface area contributed by atoms with Crippen LogP contribution in [0.25, 0.3) is 11.3 Å². The molecule has 0 spiro atoms. The second kappa shape index (κ2) is 5.65. The molecule has 110 valence electrons. The van der Waals surface area contributed by atoms with E-state index in [1.807, 2.05) is 43.6 Å². The first-order valence-corrected chi connectivity index (χ1v) is 6.90. The number of benzene rings is 1. The Morgan fingerprint density at radius 2 is 2.14 bits per heavy atom. The number of amides is 1. The molecule has 1 amide bonds. The van der Waals surface area contributed by atoms with Gasteiger partial charge in [0.15, 0.2) is 0 Å². The predicted molar refractivity (Wildman–Crippen MR) is 78.6 cm³/mol. The average molecular weight is 288 g/mol. The summed E-state index contributed by atoms with van der Waals surface area (Å²) in [6.45, 7) is 0.247. The molecule has 2 aromatic rings. The van der Waals surface area contributed by atoms with Crippen molar-refractivity contribution in [3.8, 4) is 11.3 Å². The highest BCUT2D eigenvalue weighted by atomic mass is 19.1. The van der Waals surface area contributed by atoms with Gasteiger partial charge in [-0.25, -0.2) is 4.39 Å². The smallest absolute Gasteiger partial charge is 0.241 e. The number of alkyl halides is 1. The van der Waals surface area contributed by atoms with E-state index in [9.17, 15) is 9.18 Å². The van der Waals surface area contributed by atoms with E-state index in [-0.39, 0.29) is 18.9 Å². The number of aromatic nitrogens is 2. The minimum atomic E-state index is -0.938. The number of aryl methyl sites for hydroxylation is 1. The maximum atomic E-state index is 13.1. The van der Waals surface area contributed by atoms with Gasteiger partial charge < -0.3 is 10.6 Å². The third-order valence-corrected chi connectivity index (χ3v) is 3.56. The Labute approximate surface area is 122 Å². The number of anilines is 1. The molecule has 6 heteroatoms. The molecule has 5 nitrogen and oxygen atoms in total. The summed E-state index contributed by atoms with van der Waals surface area (Å²) in [5, 5.41) is 9.98. The molecule has 1 aromatic heterocycles. The van der Waals surface area contributed by atoms with Crippen molar-refractivity contribution in [1.29, 1.82) is 0 Å². The highest BCUT2D eigenvalue weighted by molar-refractivity contribution is 5.95. The molecule has 21 heavy (non-hydrogen) atoms. The number of carbonyl (C=O) groups is 1. The van der Waals surface area contributed by atoms with Crippen LogP contribution in [0.2, 0.25) is 0 Å². The molecule has 2 N–H and O–H groups in total. The van der Waals surface area contributed by atoms with Crippen LogP contribution in [-0.4, -0.2) is 34.4 Å². The molecule has 0 saturated carbocycles. The van der Waals surface area contributed by atoms with Crippen LogP contribution in [-0.2, 0) is 11.8 Å². The molecule has 3 rings (SSSR count). The summed E-state index contributed by atoms with van der Waals surface area (Å²) in [6, 6.07) is 8.93. The summed E-state index contributed by atoms with van der Waals surface area (Å²) >= 11 is 0. The number of rotatable bonds is 3. The van der Waals surface area contributed by atoms with Gasteiger partial charge in [-0.2, -0.15) is 5.10 Å². The van der Waals surface area contributed by atoms with Crippen LogP contribution in [0.1, 0.15) is 6.42 Å². The zero-order valence-electron chi connectivity index (χ0n) is 11.7. The molecule has 2 atom stereocenters. The fourth-order valence-corrected chi connectivity index (χ4v) is 2.42. The first kappa shape index (κ1) is 13.8. The molecule has 1 aliphatic rings. The van der Waals surface area contributed by atoms with Crippen molar-refractivity contribution in [2.45, 2.75) is 18.6 Å². The normalized spacial score (nSPS) is 21.4. The van der Waals surface area contributed by atoms with E-state index in [0.717, 1.165) is 11.3 Å². The Morgan fingerprint density at radius 1 is 1.38 bits per heavy atom. The zero-order valence-corrected chi connectivity index (χ0v) is 11.7. The van der Waals surface area contributed by atoms with Crippen LogP contribution < -0.4 is 10.6 Å². The van der Waals surface area contributed by atoms with Crippen LogP contribution in [0.3, 0.4) is 0 Å². The second-order valence-corrected chi connectivity index (χ2v) is 5.24. The lowest BCUT2D eigenvalue weighted by atomic mass is 10.1. The molecular weight excluding hydrogens is 271 g/mol. The number of nitrogens with zero attached hydrogens (tertiary/aromatic N) is 2. The van der Waals surface area contributed by atoms with Crippen molar-refractivity contribution in [2.75, 3.05) is 11.9 Å². The standard InChI is InChI=1S/C15H17FN4O/c1-20-7-6-13(19-20)10-2-4-12(5-3-10)18-15(21)14-8-11(16)9-17-14/h2-7,11,14,17H,8-9H2,1H3,(H,18,21)/t11-,14+/m0/s1. The van der Waals surface area contributed by atoms with Crippen molar-refractivity contribution in [2.24, 2.45) is 7.05 Å². The molecule has 2 heterocycles. The number of hydrogen-bond donors (Lipinski definition) is 2. The van der Waals surface area contributed by atoms with Gasteiger partial charge in [-0.3, -0.25) is 9.48 Å². The summed E-state index contributed by atoms with van der Waals surface area (Å²) in [5.41, 5.74) is 2.56. The number of halogens is 1. The van der Waals surface area contributed by atoms with E-state index in [2.05, 4.69) is 15.7 Å². The van der Waals surface area contributed by atoms with Gasteiger partial charge in [-0.1, -0.05) is 12.1 Å².